The third-order valence-corrected chi connectivity index (χ3v) is 3.46. The lowest BCUT2D eigenvalue weighted by Gasteiger charge is -2.25. The van der Waals surface area contributed by atoms with E-state index < -0.39 is 12.4 Å². The Morgan fingerprint density at radius 2 is 1.85 bits per heavy atom. The predicted molar refractivity (Wildman–Crippen MR) is 73.4 cm³/mol. The fourth-order valence-electron chi connectivity index (χ4n) is 2.33. The number of para-hydroxylation sites is 1. The lowest BCUT2D eigenvalue weighted by Crippen LogP contribution is -2.24. The lowest BCUT2D eigenvalue weighted by atomic mass is 9.87. The molecular formula is C15H22F3NO. The first-order chi connectivity index (χ1) is 9.39. The molecule has 2 nitrogen and oxygen atoms in total. The highest BCUT2D eigenvalue weighted by Gasteiger charge is 2.33. The van der Waals surface area contributed by atoms with Gasteiger partial charge in [0, 0.05) is 11.6 Å². The van der Waals surface area contributed by atoms with Crippen molar-refractivity contribution in [2.24, 2.45) is 11.7 Å². The molecule has 0 amide bonds. The van der Waals surface area contributed by atoms with Gasteiger partial charge in [-0.15, -0.1) is 13.2 Å². The summed E-state index contributed by atoms with van der Waals surface area (Å²) >= 11 is 0. The molecule has 2 N–H and O–H groups in total. The summed E-state index contributed by atoms with van der Waals surface area (Å²) in [5.74, 6) is -0.0321. The van der Waals surface area contributed by atoms with E-state index in [0.29, 0.717) is 5.56 Å². The molecule has 2 unspecified atom stereocenters. The summed E-state index contributed by atoms with van der Waals surface area (Å²) in [6.07, 6.45) is -0.880. The maximum atomic E-state index is 12.4. The monoisotopic (exact) mass is 289 g/mol. The van der Waals surface area contributed by atoms with Gasteiger partial charge in [0.15, 0.2) is 0 Å². The fraction of sp³-hybridized carbons (Fsp3) is 0.600. The van der Waals surface area contributed by atoms with Crippen molar-refractivity contribution < 1.29 is 17.9 Å². The molecule has 0 saturated carbocycles. The van der Waals surface area contributed by atoms with Crippen molar-refractivity contribution in [3.05, 3.63) is 29.8 Å². The quantitative estimate of drug-likeness (QED) is 0.782. The van der Waals surface area contributed by atoms with Crippen molar-refractivity contribution >= 4 is 0 Å². The second-order valence-corrected chi connectivity index (χ2v) is 4.92. The zero-order valence-electron chi connectivity index (χ0n) is 11.9. The Morgan fingerprint density at radius 1 is 1.20 bits per heavy atom. The smallest absolute Gasteiger partial charge is 0.405 e. The minimum Gasteiger partial charge on any atom is -0.405 e. The van der Waals surface area contributed by atoms with Crippen LogP contribution in [0.4, 0.5) is 13.2 Å². The van der Waals surface area contributed by atoms with Gasteiger partial charge in [-0.3, -0.25) is 0 Å². The SMILES string of the molecule is CCCCC(CC)C(N)c1ccccc1OC(F)(F)F. The molecule has 0 aliphatic rings. The molecule has 0 bridgehead atoms. The summed E-state index contributed by atoms with van der Waals surface area (Å²) in [5, 5.41) is 0. The molecule has 0 saturated heterocycles. The van der Waals surface area contributed by atoms with E-state index in [9.17, 15) is 13.2 Å². The van der Waals surface area contributed by atoms with E-state index >= 15 is 0 Å². The molecule has 0 aliphatic heterocycles. The maximum absolute atomic E-state index is 12.4. The number of nitrogens with two attached hydrogens (primary N) is 1. The number of alkyl halides is 3. The van der Waals surface area contributed by atoms with Crippen LogP contribution < -0.4 is 10.5 Å². The van der Waals surface area contributed by atoms with Crippen molar-refractivity contribution in [3.8, 4) is 5.75 Å². The Kier molecular flexibility index (Phi) is 6.33. The molecule has 0 spiro atoms. The first-order valence-electron chi connectivity index (χ1n) is 6.99. The lowest BCUT2D eigenvalue weighted by molar-refractivity contribution is -0.275. The molecule has 0 aromatic heterocycles. The van der Waals surface area contributed by atoms with Gasteiger partial charge >= 0.3 is 6.36 Å². The van der Waals surface area contributed by atoms with Crippen LogP contribution in [0.25, 0.3) is 0 Å². The summed E-state index contributed by atoms with van der Waals surface area (Å²) in [4.78, 5) is 0. The molecule has 2 atom stereocenters. The van der Waals surface area contributed by atoms with Crippen molar-refractivity contribution in [1.29, 1.82) is 0 Å². The summed E-state index contributed by atoms with van der Waals surface area (Å²) in [6, 6.07) is 5.69. The van der Waals surface area contributed by atoms with E-state index in [1.54, 1.807) is 12.1 Å². The normalized spacial score (nSPS) is 14.9. The largest absolute Gasteiger partial charge is 0.573 e. The number of hydrogen-bond donors (Lipinski definition) is 1. The Balaban J connectivity index is 2.93. The van der Waals surface area contributed by atoms with Crippen molar-refractivity contribution in [2.75, 3.05) is 0 Å². The average molecular weight is 289 g/mol. The number of rotatable bonds is 7. The van der Waals surface area contributed by atoms with Gasteiger partial charge in [0.25, 0.3) is 0 Å². The van der Waals surface area contributed by atoms with E-state index in [1.807, 2.05) is 6.92 Å². The molecule has 1 rings (SSSR count). The molecule has 0 heterocycles. The van der Waals surface area contributed by atoms with Crippen molar-refractivity contribution in [2.45, 2.75) is 51.9 Å². The Hall–Kier alpha value is -1.23. The molecule has 1 aromatic rings. The molecule has 20 heavy (non-hydrogen) atoms. The third-order valence-electron chi connectivity index (χ3n) is 3.46. The van der Waals surface area contributed by atoms with Gasteiger partial charge in [0.1, 0.15) is 5.75 Å². The maximum Gasteiger partial charge on any atom is 0.573 e. The molecule has 0 radical (unpaired) electrons. The highest BCUT2D eigenvalue weighted by Crippen LogP contribution is 2.34. The van der Waals surface area contributed by atoms with Crippen LogP contribution in [0.2, 0.25) is 0 Å². The van der Waals surface area contributed by atoms with Gasteiger partial charge < -0.3 is 10.5 Å². The first-order valence-corrected chi connectivity index (χ1v) is 6.99. The second kappa shape index (κ2) is 7.53. The van der Waals surface area contributed by atoms with E-state index in [-0.39, 0.29) is 11.7 Å². The van der Waals surface area contributed by atoms with Gasteiger partial charge in [0.2, 0.25) is 0 Å². The van der Waals surface area contributed by atoms with Crippen LogP contribution in [-0.2, 0) is 0 Å². The number of hydrogen-bond acceptors (Lipinski definition) is 2. The average Bonchev–Trinajstić information content (AvgIpc) is 2.38. The van der Waals surface area contributed by atoms with Gasteiger partial charge in [-0.2, -0.15) is 0 Å². The van der Waals surface area contributed by atoms with E-state index in [4.69, 9.17) is 5.73 Å². The van der Waals surface area contributed by atoms with Crippen LogP contribution >= 0.6 is 0 Å². The predicted octanol–water partition coefficient (Wildman–Crippen LogP) is 4.80. The number of ether oxygens (including phenoxy) is 1. The van der Waals surface area contributed by atoms with Gasteiger partial charge in [-0.05, 0) is 18.4 Å². The van der Waals surface area contributed by atoms with Gasteiger partial charge in [-0.1, -0.05) is 51.3 Å². The Morgan fingerprint density at radius 3 is 2.40 bits per heavy atom. The van der Waals surface area contributed by atoms with Gasteiger partial charge in [0.05, 0.1) is 0 Å². The van der Waals surface area contributed by atoms with Crippen molar-refractivity contribution in [3.63, 3.8) is 0 Å². The molecule has 5 heteroatoms. The third kappa shape index (κ3) is 5.04. The highest BCUT2D eigenvalue weighted by atomic mass is 19.4. The van der Waals surface area contributed by atoms with Crippen LogP contribution in [0.3, 0.4) is 0 Å². The number of unbranched alkanes of at least 4 members (excludes halogenated alkanes) is 1. The first kappa shape index (κ1) is 16.8. The standard InChI is InChI=1S/C15H22F3NO/c1-3-5-8-11(4-2)14(19)12-9-6-7-10-13(12)20-15(16,17)18/h6-7,9-11,14H,3-5,8,19H2,1-2H3. The summed E-state index contributed by atoms with van der Waals surface area (Å²) in [5.41, 5.74) is 6.59. The van der Waals surface area contributed by atoms with E-state index in [1.165, 1.54) is 12.1 Å². The zero-order valence-corrected chi connectivity index (χ0v) is 11.9. The van der Waals surface area contributed by atoms with Crippen LogP contribution in [0.1, 0.15) is 51.1 Å². The number of halogens is 3. The van der Waals surface area contributed by atoms with E-state index in [0.717, 1.165) is 25.7 Å². The molecular weight excluding hydrogens is 267 g/mol. The summed E-state index contributed by atoms with van der Waals surface area (Å²) in [7, 11) is 0. The molecule has 114 valence electrons. The summed E-state index contributed by atoms with van der Waals surface area (Å²) < 4.78 is 41.3. The van der Waals surface area contributed by atoms with Crippen LogP contribution in [0, 0.1) is 5.92 Å². The second-order valence-electron chi connectivity index (χ2n) is 4.92. The topological polar surface area (TPSA) is 35.2 Å². The van der Waals surface area contributed by atoms with Gasteiger partial charge in [-0.25, -0.2) is 0 Å². The fourth-order valence-corrected chi connectivity index (χ4v) is 2.33. The minimum atomic E-state index is -4.69. The highest BCUT2D eigenvalue weighted by molar-refractivity contribution is 5.36. The van der Waals surface area contributed by atoms with Crippen LogP contribution in [-0.4, -0.2) is 6.36 Å². The van der Waals surface area contributed by atoms with Crippen LogP contribution in [0.15, 0.2) is 24.3 Å². The number of benzene rings is 1. The Labute approximate surface area is 118 Å². The zero-order chi connectivity index (χ0) is 15.2. The molecule has 0 aliphatic carbocycles. The molecule has 0 fully saturated rings. The summed E-state index contributed by atoms with van der Waals surface area (Å²) in [6.45, 7) is 4.09. The van der Waals surface area contributed by atoms with Crippen molar-refractivity contribution in [1.82, 2.24) is 0 Å². The molecule has 1 aromatic carbocycles. The Bertz CT molecular complexity index is 406. The minimum absolute atomic E-state index is 0.160. The van der Waals surface area contributed by atoms with E-state index in [2.05, 4.69) is 11.7 Å². The van der Waals surface area contributed by atoms with Crippen LogP contribution in [0.5, 0.6) is 5.75 Å².